The summed E-state index contributed by atoms with van der Waals surface area (Å²) in [6.45, 7) is 10.6. The normalized spacial score (nSPS) is 27.0. The van der Waals surface area contributed by atoms with E-state index in [1.165, 1.54) is 38.6 Å². The van der Waals surface area contributed by atoms with Gasteiger partial charge in [0.15, 0.2) is 0 Å². The molecule has 0 atom stereocenters. The quantitative estimate of drug-likeness (QED) is 0.678. The summed E-state index contributed by atoms with van der Waals surface area (Å²) in [4.78, 5) is 2.59. The topological polar surface area (TPSA) is 3.24 Å². The summed E-state index contributed by atoms with van der Waals surface area (Å²) < 4.78 is 0. The second-order valence-electron chi connectivity index (χ2n) is 6.64. The smallest absolute Gasteiger partial charge is 0.00925 e. The number of rotatable bonds is 5. The first kappa shape index (κ1) is 14.0. The van der Waals surface area contributed by atoms with E-state index in [-0.39, 0.29) is 0 Å². The Morgan fingerprint density at radius 1 is 0.938 bits per heavy atom. The van der Waals surface area contributed by atoms with Gasteiger partial charge in [0.25, 0.3) is 0 Å². The zero-order valence-electron chi connectivity index (χ0n) is 12.0. The van der Waals surface area contributed by atoms with Crippen molar-refractivity contribution in [3.8, 4) is 0 Å². The average molecular weight is 225 g/mol. The molecule has 0 aromatic carbocycles. The van der Waals surface area contributed by atoms with E-state index < -0.39 is 0 Å². The van der Waals surface area contributed by atoms with E-state index >= 15 is 0 Å². The van der Waals surface area contributed by atoms with Crippen molar-refractivity contribution in [3.63, 3.8) is 0 Å². The highest BCUT2D eigenvalue weighted by molar-refractivity contribution is 4.79. The van der Waals surface area contributed by atoms with Gasteiger partial charge in [-0.3, -0.25) is 0 Å². The Morgan fingerprint density at radius 3 is 1.94 bits per heavy atom. The predicted octanol–water partition coefficient (Wildman–Crippen LogP) is 4.18. The standard InChI is InChI=1S/C15H31N/c1-12(2)10-14-6-8-15(9-7-14)16(5)11-13(3)4/h12-15H,6-11H2,1-5H3/t14-,15+. The first-order valence-corrected chi connectivity index (χ1v) is 7.19. The second kappa shape index (κ2) is 6.64. The molecule has 16 heavy (non-hydrogen) atoms. The van der Waals surface area contributed by atoms with Gasteiger partial charge >= 0.3 is 0 Å². The minimum Gasteiger partial charge on any atom is -0.303 e. The zero-order valence-corrected chi connectivity index (χ0v) is 12.0. The molecule has 96 valence electrons. The average Bonchev–Trinajstić information content (AvgIpc) is 2.16. The van der Waals surface area contributed by atoms with Crippen molar-refractivity contribution in [2.24, 2.45) is 17.8 Å². The molecule has 0 spiro atoms. The maximum atomic E-state index is 2.59. The maximum absolute atomic E-state index is 2.59. The Balaban J connectivity index is 2.25. The van der Waals surface area contributed by atoms with Crippen molar-refractivity contribution < 1.29 is 0 Å². The lowest BCUT2D eigenvalue weighted by Gasteiger charge is -2.36. The van der Waals surface area contributed by atoms with Crippen LogP contribution in [0.4, 0.5) is 0 Å². The predicted molar refractivity (Wildman–Crippen MR) is 72.7 cm³/mol. The summed E-state index contributed by atoms with van der Waals surface area (Å²) in [5.74, 6) is 2.71. The van der Waals surface area contributed by atoms with Gasteiger partial charge in [0, 0.05) is 12.6 Å². The van der Waals surface area contributed by atoms with E-state index in [2.05, 4.69) is 39.6 Å². The molecule has 1 saturated carbocycles. The van der Waals surface area contributed by atoms with Crippen LogP contribution in [0.2, 0.25) is 0 Å². The minimum absolute atomic E-state index is 0.804. The molecule has 0 bridgehead atoms. The molecule has 1 nitrogen and oxygen atoms in total. The van der Waals surface area contributed by atoms with Crippen LogP contribution >= 0.6 is 0 Å². The molecule has 0 amide bonds. The molecular formula is C15H31N. The Morgan fingerprint density at radius 2 is 1.50 bits per heavy atom. The van der Waals surface area contributed by atoms with Crippen LogP contribution in [0.25, 0.3) is 0 Å². The molecule has 0 unspecified atom stereocenters. The molecule has 0 N–H and O–H groups in total. The summed E-state index contributed by atoms with van der Waals surface area (Å²) in [5, 5.41) is 0. The minimum atomic E-state index is 0.804. The highest BCUT2D eigenvalue weighted by Gasteiger charge is 2.24. The van der Waals surface area contributed by atoms with Crippen molar-refractivity contribution >= 4 is 0 Å². The zero-order chi connectivity index (χ0) is 12.1. The van der Waals surface area contributed by atoms with Crippen LogP contribution in [0.3, 0.4) is 0 Å². The molecule has 1 fully saturated rings. The van der Waals surface area contributed by atoms with Crippen molar-refractivity contribution in [1.29, 1.82) is 0 Å². The van der Waals surface area contributed by atoms with Crippen molar-refractivity contribution in [3.05, 3.63) is 0 Å². The van der Waals surface area contributed by atoms with E-state index in [0.717, 1.165) is 23.8 Å². The van der Waals surface area contributed by atoms with Crippen molar-refractivity contribution in [2.75, 3.05) is 13.6 Å². The lowest BCUT2D eigenvalue weighted by molar-refractivity contribution is 0.144. The number of hydrogen-bond acceptors (Lipinski definition) is 1. The fraction of sp³-hybridized carbons (Fsp3) is 1.00. The highest BCUT2D eigenvalue weighted by atomic mass is 15.1. The van der Waals surface area contributed by atoms with Gasteiger partial charge in [-0.25, -0.2) is 0 Å². The Bertz CT molecular complexity index is 178. The summed E-state index contributed by atoms with van der Waals surface area (Å²) in [5.41, 5.74) is 0. The number of nitrogens with zero attached hydrogens (tertiary/aromatic N) is 1. The Labute approximate surface area is 103 Å². The summed E-state index contributed by atoms with van der Waals surface area (Å²) >= 11 is 0. The summed E-state index contributed by atoms with van der Waals surface area (Å²) in [6.07, 6.45) is 7.23. The van der Waals surface area contributed by atoms with Gasteiger partial charge in [-0.15, -0.1) is 0 Å². The SMILES string of the molecule is CC(C)CN(C)[C@H]1CC[C@@H](CC(C)C)CC1. The van der Waals surface area contributed by atoms with E-state index in [0.29, 0.717) is 0 Å². The molecule has 0 saturated heterocycles. The third-order valence-corrected chi connectivity index (χ3v) is 3.90. The van der Waals surface area contributed by atoms with Gasteiger partial charge in [-0.2, -0.15) is 0 Å². The molecular weight excluding hydrogens is 194 g/mol. The fourth-order valence-corrected chi connectivity index (χ4v) is 3.21. The molecule has 1 heteroatoms. The van der Waals surface area contributed by atoms with Crippen molar-refractivity contribution in [1.82, 2.24) is 4.90 Å². The molecule has 0 aromatic rings. The van der Waals surface area contributed by atoms with Gasteiger partial charge in [-0.05, 0) is 56.9 Å². The number of hydrogen-bond donors (Lipinski definition) is 0. The van der Waals surface area contributed by atoms with Gasteiger partial charge < -0.3 is 4.90 Å². The lowest BCUT2D eigenvalue weighted by Crippen LogP contribution is -2.37. The molecule has 0 aliphatic heterocycles. The van der Waals surface area contributed by atoms with Crippen LogP contribution in [-0.2, 0) is 0 Å². The third-order valence-electron chi connectivity index (χ3n) is 3.90. The van der Waals surface area contributed by atoms with Gasteiger partial charge in [0.1, 0.15) is 0 Å². The Kier molecular flexibility index (Phi) is 5.82. The molecule has 0 heterocycles. The van der Waals surface area contributed by atoms with E-state index in [1.807, 2.05) is 0 Å². The first-order valence-electron chi connectivity index (χ1n) is 7.19. The van der Waals surface area contributed by atoms with Gasteiger partial charge in [0.2, 0.25) is 0 Å². The molecule has 0 radical (unpaired) electrons. The van der Waals surface area contributed by atoms with Crippen LogP contribution < -0.4 is 0 Å². The lowest BCUT2D eigenvalue weighted by atomic mass is 9.81. The van der Waals surface area contributed by atoms with Gasteiger partial charge in [0.05, 0.1) is 0 Å². The van der Waals surface area contributed by atoms with E-state index in [1.54, 1.807) is 0 Å². The summed E-state index contributed by atoms with van der Waals surface area (Å²) in [7, 11) is 2.31. The van der Waals surface area contributed by atoms with Crippen LogP contribution in [0.1, 0.15) is 59.8 Å². The van der Waals surface area contributed by atoms with Crippen molar-refractivity contribution in [2.45, 2.75) is 65.8 Å². The third kappa shape index (κ3) is 4.86. The molecule has 1 rings (SSSR count). The van der Waals surface area contributed by atoms with Crippen LogP contribution in [-0.4, -0.2) is 24.5 Å². The van der Waals surface area contributed by atoms with Crippen LogP contribution in [0, 0.1) is 17.8 Å². The van der Waals surface area contributed by atoms with Gasteiger partial charge in [-0.1, -0.05) is 27.7 Å². The van der Waals surface area contributed by atoms with E-state index in [9.17, 15) is 0 Å². The Hall–Kier alpha value is -0.0400. The first-order chi connectivity index (χ1) is 7.49. The highest BCUT2D eigenvalue weighted by Crippen LogP contribution is 2.31. The fourth-order valence-electron chi connectivity index (χ4n) is 3.21. The van der Waals surface area contributed by atoms with Crippen LogP contribution in [0.15, 0.2) is 0 Å². The molecule has 1 aliphatic carbocycles. The monoisotopic (exact) mass is 225 g/mol. The van der Waals surface area contributed by atoms with E-state index in [4.69, 9.17) is 0 Å². The summed E-state index contributed by atoms with van der Waals surface area (Å²) in [6, 6.07) is 0.866. The second-order valence-corrected chi connectivity index (χ2v) is 6.64. The molecule has 0 aromatic heterocycles. The maximum Gasteiger partial charge on any atom is 0.00925 e. The van der Waals surface area contributed by atoms with Crippen LogP contribution in [0.5, 0.6) is 0 Å². The molecule has 1 aliphatic rings. The largest absolute Gasteiger partial charge is 0.303 e.